The lowest BCUT2D eigenvalue weighted by Gasteiger charge is -2.49. The highest BCUT2D eigenvalue weighted by molar-refractivity contribution is 5.92. The molecule has 0 aromatic rings. The second-order valence-corrected chi connectivity index (χ2v) is 8.48. The number of hydrogen-bond acceptors (Lipinski definition) is 2. The van der Waals surface area contributed by atoms with Crippen LogP contribution in [-0.4, -0.2) is 16.9 Å². The fraction of sp³-hybridized carbons (Fsp3) is 0.700. The first-order valence-electron chi connectivity index (χ1n) is 8.70. The Morgan fingerprint density at radius 1 is 1.39 bits per heavy atom. The predicted molar refractivity (Wildman–Crippen MR) is 92.1 cm³/mol. The van der Waals surface area contributed by atoms with Crippen LogP contribution in [0.15, 0.2) is 23.3 Å². The molecule has 0 bridgehead atoms. The molecule has 0 aromatic carbocycles. The van der Waals surface area contributed by atoms with Crippen LogP contribution in [0.5, 0.6) is 0 Å². The molecule has 0 spiro atoms. The Labute approximate surface area is 139 Å². The molecule has 2 aliphatic rings. The van der Waals surface area contributed by atoms with Crippen molar-refractivity contribution in [2.45, 2.75) is 66.7 Å². The van der Waals surface area contributed by atoms with Gasteiger partial charge in [0, 0.05) is 18.3 Å². The van der Waals surface area contributed by atoms with Crippen molar-refractivity contribution in [1.82, 2.24) is 0 Å². The second-order valence-electron chi connectivity index (χ2n) is 8.48. The molecule has 128 valence electrons. The zero-order valence-electron chi connectivity index (χ0n) is 15.1. The molecule has 3 atom stereocenters. The van der Waals surface area contributed by atoms with E-state index >= 15 is 0 Å². The number of ketones is 1. The minimum atomic E-state index is -0.732. The Kier molecular flexibility index (Phi) is 4.89. The van der Waals surface area contributed by atoms with Gasteiger partial charge in [-0.1, -0.05) is 44.9 Å². The highest BCUT2D eigenvalue weighted by atomic mass is 16.4. The summed E-state index contributed by atoms with van der Waals surface area (Å²) in [5, 5.41) is 8.96. The molecule has 23 heavy (non-hydrogen) atoms. The van der Waals surface area contributed by atoms with E-state index in [0.29, 0.717) is 12.3 Å². The monoisotopic (exact) mass is 318 g/mol. The smallest absolute Gasteiger partial charge is 0.303 e. The number of carboxylic acid groups (broad SMARTS) is 1. The Bertz CT molecular complexity index is 567. The fourth-order valence-corrected chi connectivity index (χ4v) is 4.33. The molecule has 3 heteroatoms. The summed E-state index contributed by atoms with van der Waals surface area (Å²) < 4.78 is 0. The number of fused-ring (bicyclic) bond motifs is 1. The highest BCUT2D eigenvalue weighted by Crippen LogP contribution is 2.55. The number of rotatable bonds is 5. The van der Waals surface area contributed by atoms with Crippen molar-refractivity contribution >= 4 is 11.8 Å². The average molecular weight is 318 g/mol. The Morgan fingerprint density at radius 2 is 2.04 bits per heavy atom. The zero-order valence-corrected chi connectivity index (χ0v) is 15.1. The number of aliphatic carboxylic acids is 1. The number of carbonyl (C=O) groups excluding carboxylic acids is 1. The van der Waals surface area contributed by atoms with Crippen molar-refractivity contribution in [3.63, 3.8) is 0 Å². The van der Waals surface area contributed by atoms with Crippen LogP contribution in [0.3, 0.4) is 0 Å². The number of hydrogen-bond donors (Lipinski definition) is 1. The van der Waals surface area contributed by atoms with Crippen molar-refractivity contribution in [3.8, 4) is 0 Å². The van der Waals surface area contributed by atoms with Crippen molar-refractivity contribution < 1.29 is 14.7 Å². The Balaban J connectivity index is 2.27. The topological polar surface area (TPSA) is 54.4 Å². The third kappa shape index (κ3) is 3.59. The first kappa shape index (κ1) is 18.0. The fourth-order valence-electron chi connectivity index (χ4n) is 4.33. The Morgan fingerprint density at radius 3 is 2.65 bits per heavy atom. The number of allylic oxidation sites excluding steroid dienone is 4. The lowest BCUT2D eigenvalue weighted by Crippen LogP contribution is -2.41. The quantitative estimate of drug-likeness (QED) is 0.742. The number of carboxylic acids is 1. The SMILES string of the molecule is CC1=CCC2C(=CC(=O)CC2(C)C)C1(C)CCC(C)CC(=O)O. The van der Waals surface area contributed by atoms with Crippen molar-refractivity contribution in [1.29, 1.82) is 0 Å². The minimum Gasteiger partial charge on any atom is -0.481 e. The van der Waals surface area contributed by atoms with E-state index < -0.39 is 5.97 Å². The van der Waals surface area contributed by atoms with Gasteiger partial charge in [0.1, 0.15) is 0 Å². The third-order valence-corrected chi connectivity index (χ3v) is 6.09. The maximum absolute atomic E-state index is 12.2. The molecule has 0 fully saturated rings. The minimum absolute atomic E-state index is 0.00626. The van der Waals surface area contributed by atoms with Crippen LogP contribution in [0.4, 0.5) is 0 Å². The lowest BCUT2D eigenvalue weighted by molar-refractivity contribution is -0.138. The largest absolute Gasteiger partial charge is 0.481 e. The lowest BCUT2D eigenvalue weighted by atomic mass is 9.55. The molecular weight excluding hydrogens is 288 g/mol. The maximum Gasteiger partial charge on any atom is 0.303 e. The van der Waals surface area contributed by atoms with Crippen molar-refractivity contribution in [2.75, 3.05) is 0 Å². The van der Waals surface area contributed by atoms with Crippen LogP contribution < -0.4 is 0 Å². The molecule has 1 N–H and O–H groups in total. The van der Waals surface area contributed by atoms with E-state index in [2.05, 4.69) is 33.8 Å². The summed E-state index contributed by atoms with van der Waals surface area (Å²) in [6, 6.07) is 0. The van der Waals surface area contributed by atoms with E-state index in [-0.39, 0.29) is 29.0 Å². The molecule has 2 rings (SSSR count). The van der Waals surface area contributed by atoms with Crippen LogP contribution in [0.1, 0.15) is 66.7 Å². The van der Waals surface area contributed by atoms with Gasteiger partial charge in [0.05, 0.1) is 0 Å². The second kappa shape index (κ2) is 6.26. The van der Waals surface area contributed by atoms with Gasteiger partial charge in [-0.25, -0.2) is 0 Å². The summed E-state index contributed by atoms with van der Waals surface area (Å²) >= 11 is 0. The molecule has 2 aliphatic carbocycles. The van der Waals surface area contributed by atoms with Gasteiger partial charge in [-0.05, 0) is 49.5 Å². The first-order valence-corrected chi connectivity index (χ1v) is 8.70. The number of carbonyl (C=O) groups is 2. The van der Waals surface area contributed by atoms with E-state index in [0.717, 1.165) is 19.3 Å². The van der Waals surface area contributed by atoms with Crippen LogP contribution in [0, 0.1) is 22.7 Å². The third-order valence-electron chi connectivity index (χ3n) is 6.09. The molecule has 0 saturated carbocycles. The van der Waals surface area contributed by atoms with E-state index in [1.54, 1.807) is 0 Å². The first-order chi connectivity index (χ1) is 10.6. The zero-order chi connectivity index (χ0) is 17.4. The summed E-state index contributed by atoms with van der Waals surface area (Å²) in [5.74, 6) is 0.0828. The van der Waals surface area contributed by atoms with Gasteiger partial charge in [-0.3, -0.25) is 9.59 Å². The molecule has 3 nitrogen and oxygen atoms in total. The van der Waals surface area contributed by atoms with Gasteiger partial charge in [0.2, 0.25) is 0 Å². The predicted octanol–water partition coefficient (Wildman–Crippen LogP) is 4.78. The van der Waals surface area contributed by atoms with E-state index in [1.807, 2.05) is 13.0 Å². The van der Waals surface area contributed by atoms with E-state index in [4.69, 9.17) is 5.11 Å². The average Bonchev–Trinajstić information content (AvgIpc) is 2.39. The highest BCUT2D eigenvalue weighted by Gasteiger charge is 2.46. The van der Waals surface area contributed by atoms with Crippen LogP contribution in [0.25, 0.3) is 0 Å². The van der Waals surface area contributed by atoms with E-state index in [1.165, 1.54) is 11.1 Å². The summed E-state index contributed by atoms with van der Waals surface area (Å²) in [7, 11) is 0. The molecule has 0 saturated heterocycles. The summed E-state index contributed by atoms with van der Waals surface area (Å²) in [6.07, 6.45) is 7.86. The normalized spacial score (nSPS) is 31.0. The van der Waals surface area contributed by atoms with Crippen LogP contribution in [0.2, 0.25) is 0 Å². The molecule has 0 aliphatic heterocycles. The van der Waals surface area contributed by atoms with Crippen LogP contribution in [-0.2, 0) is 9.59 Å². The van der Waals surface area contributed by atoms with Gasteiger partial charge in [0.25, 0.3) is 0 Å². The van der Waals surface area contributed by atoms with Gasteiger partial charge in [-0.2, -0.15) is 0 Å². The van der Waals surface area contributed by atoms with Gasteiger partial charge in [-0.15, -0.1) is 0 Å². The van der Waals surface area contributed by atoms with Crippen molar-refractivity contribution in [2.24, 2.45) is 22.7 Å². The van der Waals surface area contributed by atoms with Crippen molar-refractivity contribution in [3.05, 3.63) is 23.3 Å². The molecule has 3 unspecified atom stereocenters. The molecule has 0 aromatic heterocycles. The standard InChI is InChI=1S/C20H30O3/c1-13(10-18(22)23)8-9-20(5)14(2)6-7-16-17(20)11-15(21)12-19(16,3)4/h6,11,13,16H,7-10,12H2,1-5H3,(H,22,23). The maximum atomic E-state index is 12.2. The molecule has 0 heterocycles. The van der Waals surface area contributed by atoms with E-state index in [9.17, 15) is 9.59 Å². The molecule has 0 amide bonds. The Hall–Kier alpha value is -1.38. The molecule has 0 radical (unpaired) electrons. The van der Waals surface area contributed by atoms with Gasteiger partial charge < -0.3 is 5.11 Å². The van der Waals surface area contributed by atoms with Gasteiger partial charge in [0.15, 0.2) is 5.78 Å². The van der Waals surface area contributed by atoms with Gasteiger partial charge >= 0.3 is 5.97 Å². The summed E-state index contributed by atoms with van der Waals surface area (Å²) in [4.78, 5) is 23.1. The van der Waals surface area contributed by atoms with Crippen LogP contribution >= 0.6 is 0 Å². The summed E-state index contributed by atoms with van der Waals surface area (Å²) in [5.41, 5.74) is 2.50. The summed E-state index contributed by atoms with van der Waals surface area (Å²) in [6.45, 7) is 10.8. The molecular formula is C20H30O3.